The normalized spacial score (nSPS) is 29.3. The van der Waals surface area contributed by atoms with Crippen LogP contribution in [0.4, 0.5) is 0 Å². The van der Waals surface area contributed by atoms with E-state index in [4.69, 9.17) is 0 Å². The molecule has 2 aliphatic rings. The minimum Gasteiger partial charge on any atom is -0.308 e. The highest BCUT2D eigenvalue weighted by Crippen LogP contribution is 2.41. The number of halogens is 1. The first-order chi connectivity index (χ1) is 8.15. The standard InChI is InChI=1S/C14H27BrN2/c1-16(2)10-13-6-5-9-17(13)12-14(11-15)7-3-4-8-14/h13H,3-12H2,1-2H3. The van der Waals surface area contributed by atoms with Gasteiger partial charge in [-0.15, -0.1) is 0 Å². The monoisotopic (exact) mass is 302 g/mol. The lowest BCUT2D eigenvalue weighted by molar-refractivity contribution is 0.140. The molecule has 1 saturated carbocycles. The Bertz CT molecular complexity index is 236. The Hall–Kier alpha value is 0.400. The molecule has 1 heterocycles. The van der Waals surface area contributed by atoms with E-state index < -0.39 is 0 Å². The van der Waals surface area contributed by atoms with Gasteiger partial charge < -0.3 is 4.90 Å². The Morgan fingerprint density at radius 3 is 2.53 bits per heavy atom. The van der Waals surface area contributed by atoms with Gasteiger partial charge in [-0.1, -0.05) is 28.8 Å². The van der Waals surface area contributed by atoms with Gasteiger partial charge in [0.1, 0.15) is 0 Å². The van der Waals surface area contributed by atoms with Gasteiger partial charge >= 0.3 is 0 Å². The highest BCUT2D eigenvalue weighted by atomic mass is 79.9. The molecule has 1 aliphatic heterocycles. The number of nitrogens with zero attached hydrogens (tertiary/aromatic N) is 2. The molecule has 0 spiro atoms. The van der Waals surface area contributed by atoms with E-state index in [1.54, 1.807) is 0 Å². The first-order valence-electron chi connectivity index (χ1n) is 7.10. The average Bonchev–Trinajstić information content (AvgIpc) is 2.90. The van der Waals surface area contributed by atoms with E-state index in [1.807, 2.05) is 0 Å². The van der Waals surface area contributed by atoms with Crippen LogP contribution in [-0.4, -0.2) is 54.9 Å². The molecule has 1 unspecified atom stereocenters. The van der Waals surface area contributed by atoms with Crippen molar-refractivity contribution in [2.75, 3.05) is 39.1 Å². The van der Waals surface area contributed by atoms with Gasteiger partial charge in [0.15, 0.2) is 0 Å². The summed E-state index contributed by atoms with van der Waals surface area (Å²) < 4.78 is 0. The minimum absolute atomic E-state index is 0.592. The van der Waals surface area contributed by atoms with Gasteiger partial charge in [-0.25, -0.2) is 0 Å². The summed E-state index contributed by atoms with van der Waals surface area (Å²) in [5.41, 5.74) is 0.592. The number of hydrogen-bond acceptors (Lipinski definition) is 2. The molecule has 1 atom stereocenters. The van der Waals surface area contributed by atoms with Crippen LogP contribution in [0.25, 0.3) is 0 Å². The summed E-state index contributed by atoms with van der Waals surface area (Å²) in [6, 6.07) is 0.807. The Morgan fingerprint density at radius 1 is 1.24 bits per heavy atom. The van der Waals surface area contributed by atoms with Crippen molar-refractivity contribution in [3.63, 3.8) is 0 Å². The van der Waals surface area contributed by atoms with Crippen LogP contribution < -0.4 is 0 Å². The minimum atomic E-state index is 0.592. The summed E-state index contributed by atoms with van der Waals surface area (Å²) in [5, 5.41) is 1.20. The van der Waals surface area contributed by atoms with Gasteiger partial charge in [0.05, 0.1) is 0 Å². The van der Waals surface area contributed by atoms with Crippen LogP contribution in [0.3, 0.4) is 0 Å². The van der Waals surface area contributed by atoms with Gasteiger partial charge in [0.2, 0.25) is 0 Å². The third-order valence-electron chi connectivity index (χ3n) is 4.56. The van der Waals surface area contributed by atoms with Crippen LogP contribution in [0.15, 0.2) is 0 Å². The summed E-state index contributed by atoms with van der Waals surface area (Å²) in [6.45, 7) is 3.89. The van der Waals surface area contributed by atoms with Crippen molar-refractivity contribution in [2.24, 2.45) is 5.41 Å². The maximum Gasteiger partial charge on any atom is 0.0223 e. The molecule has 0 aromatic heterocycles. The van der Waals surface area contributed by atoms with Gasteiger partial charge in [0, 0.05) is 24.5 Å². The van der Waals surface area contributed by atoms with Gasteiger partial charge in [-0.3, -0.25) is 4.90 Å². The van der Waals surface area contributed by atoms with Crippen molar-refractivity contribution in [1.29, 1.82) is 0 Å². The van der Waals surface area contributed by atoms with Crippen molar-refractivity contribution in [2.45, 2.75) is 44.6 Å². The van der Waals surface area contributed by atoms with E-state index in [0.717, 1.165) is 6.04 Å². The van der Waals surface area contributed by atoms with E-state index in [9.17, 15) is 0 Å². The number of rotatable bonds is 5. The molecule has 0 bridgehead atoms. The van der Waals surface area contributed by atoms with Crippen molar-refractivity contribution in [3.8, 4) is 0 Å². The number of hydrogen-bond donors (Lipinski definition) is 0. The van der Waals surface area contributed by atoms with Crippen molar-refractivity contribution in [1.82, 2.24) is 9.80 Å². The Balaban J connectivity index is 1.92. The quantitative estimate of drug-likeness (QED) is 0.721. The molecule has 0 aromatic rings. The maximum absolute atomic E-state index is 3.77. The highest BCUT2D eigenvalue weighted by Gasteiger charge is 2.37. The predicted octanol–water partition coefficient (Wildman–Crippen LogP) is 2.97. The lowest BCUT2D eigenvalue weighted by Gasteiger charge is -2.36. The van der Waals surface area contributed by atoms with Crippen LogP contribution in [-0.2, 0) is 0 Å². The fourth-order valence-corrected chi connectivity index (χ4v) is 4.36. The SMILES string of the molecule is CN(C)CC1CCCN1CC1(CBr)CCCC1. The molecule has 0 aromatic carbocycles. The molecule has 0 N–H and O–H groups in total. The lowest BCUT2D eigenvalue weighted by atomic mass is 9.88. The second kappa shape index (κ2) is 6.03. The molecule has 3 heteroatoms. The molecular weight excluding hydrogens is 276 g/mol. The second-order valence-corrected chi connectivity index (χ2v) is 6.93. The van der Waals surface area contributed by atoms with Crippen molar-refractivity contribution >= 4 is 15.9 Å². The van der Waals surface area contributed by atoms with E-state index >= 15 is 0 Å². The maximum atomic E-state index is 3.77. The zero-order chi connectivity index (χ0) is 12.3. The predicted molar refractivity (Wildman–Crippen MR) is 77.8 cm³/mol. The second-order valence-electron chi connectivity index (χ2n) is 6.37. The molecule has 1 saturated heterocycles. The summed E-state index contributed by atoms with van der Waals surface area (Å²) in [5.74, 6) is 0. The topological polar surface area (TPSA) is 6.48 Å². The Morgan fingerprint density at radius 2 is 1.94 bits per heavy atom. The molecular formula is C14H27BrN2. The molecule has 17 heavy (non-hydrogen) atoms. The van der Waals surface area contributed by atoms with E-state index in [-0.39, 0.29) is 0 Å². The van der Waals surface area contributed by atoms with E-state index in [0.29, 0.717) is 5.41 Å². The number of likely N-dealkylation sites (N-methyl/N-ethyl adjacent to an activating group) is 1. The van der Waals surface area contributed by atoms with Crippen LogP contribution in [0.2, 0.25) is 0 Å². The third kappa shape index (κ3) is 3.45. The first-order valence-corrected chi connectivity index (χ1v) is 8.22. The van der Waals surface area contributed by atoms with Crippen molar-refractivity contribution in [3.05, 3.63) is 0 Å². The summed E-state index contributed by atoms with van der Waals surface area (Å²) >= 11 is 3.77. The number of likely N-dealkylation sites (tertiary alicyclic amines) is 1. The fraction of sp³-hybridized carbons (Fsp3) is 1.00. The summed E-state index contributed by atoms with van der Waals surface area (Å²) in [4.78, 5) is 5.12. The number of alkyl halides is 1. The van der Waals surface area contributed by atoms with E-state index in [2.05, 4.69) is 39.8 Å². The van der Waals surface area contributed by atoms with E-state index in [1.165, 1.54) is 63.5 Å². The molecule has 0 radical (unpaired) electrons. The zero-order valence-corrected chi connectivity index (χ0v) is 13.0. The molecule has 0 amide bonds. The zero-order valence-electron chi connectivity index (χ0n) is 11.4. The van der Waals surface area contributed by atoms with Crippen LogP contribution in [0.1, 0.15) is 38.5 Å². The molecule has 1 aliphatic carbocycles. The first kappa shape index (κ1) is 13.8. The molecule has 2 fully saturated rings. The van der Waals surface area contributed by atoms with Crippen LogP contribution in [0, 0.1) is 5.41 Å². The Labute approximate surface area is 115 Å². The van der Waals surface area contributed by atoms with Crippen LogP contribution >= 0.6 is 15.9 Å². The summed E-state index contributed by atoms with van der Waals surface area (Å²) in [6.07, 6.45) is 8.55. The van der Waals surface area contributed by atoms with Gasteiger partial charge in [-0.2, -0.15) is 0 Å². The lowest BCUT2D eigenvalue weighted by Crippen LogP contribution is -2.43. The van der Waals surface area contributed by atoms with Gasteiger partial charge in [-0.05, 0) is 51.7 Å². The highest BCUT2D eigenvalue weighted by molar-refractivity contribution is 9.09. The fourth-order valence-electron chi connectivity index (χ4n) is 3.62. The Kier molecular flexibility index (Phi) is 4.90. The van der Waals surface area contributed by atoms with Crippen LogP contribution in [0.5, 0.6) is 0 Å². The van der Waals surface area contributed by atoms with Crippen molar-refractivity contribution < 1.29 is 0 Å². The summed E-state index contributed by atoms with van der Waals surface area (Å²) in [7, 11) is 4.40. The molecule has 2 rings (SSSR count). The smallest absolute Gasteiger partial charge is 0.0223 e. The molecule has 100 valence electrons. The third-order valence-corrected chi connectivity index (χ3v) is 5.75. The average molecular weight is 303 g/mol. The molecule has 2 nitrogen and oxygen atoms in total. The van der Waals surface area contributed by atoms with Gasteiger partial charge in [0.25, 0.3) is 0 Å². The largest absolute Gasteiger partial charge is 0.308 e.